The van der Waals surface area contributed by atoms with Crippen LogP contribution in [0.4, 0.5) is 17.5 Å². The fraction of sp³-hybridized carbons (Fsp3) is 0.577. The lowest BCUT2D eigenvalue weighted by Gasteiger charge is -2.29. The minimum absolute atomic E-state index is 0.177. The fourth-order valence-electron chi connectivity index (χ4n) is 4.46. The molecule has 0 bridgehead atoms. The van der Waals surface area contributed by atoms with Crippen molar-refractivity contribution in [1.29, 1.82) is 0 Å². The summed E-state index contributed by atoms with van der Waals surface area (Å²) in [5.74, 6) is 0.855. The fourth-order valence-corrected chi connectivity index (χ4v) is 4.46. The van der Waals surface area contributed by atoms with E-state index in [0.29, 0.717) is 23.9 Å². The summed E-state index contributed by atoms with van der Waals surface area (Å²) in [6.07, 6.45) is 6.68. The minimum atomic E-state index is -0.234. The van der Waals surface area contributed by atoms with Crippen molar-refractivity contribution in [3.8, 4) is 0 Å². The molecule has 2 aliphatic rings. The average molecular weight is 483 g/mol. The zero-order chi connectivity index (χ0) is 24.5. The van der Waals surface area contributed by atoms with Gasteiger partial charge in [-0.2, -0.15) is 4.98 Å². The molecule has 1 aromatic carbocycles. The van der Waals surface area contributed by atoms with Gasteiger partial charge in [-0.25, -0.2) is 4.98 Å². The molecule has 1 aliphatic carbocycles. The predicted octanol–water partition coefficient (Wildman–Crippen LogP) is 3.17. The zero-order valence-electron chi connectivity index (χ0n) is 20.6. The number of carbonyl (C=O) groups excluding carboxylic acids is 1. The van der Waals surface area contributed by atoms with E-state index in [0.717, 1.165) is 76.9 Å². The minimum Gasteiger partial charge on any atom is -0.393 e. The van der Waals surface area contributed by atoms with E-state index in [2.05, 4.69) is 62.0 Å². The number of aromatic nitrogens is 2. The molecule has 1 saturated heterocycles. The number of unbranched alkanes of at least 4 members (excludes halogenated alkanes) is 1. The second-order valence-corrected chi connectivity index (χ2v) is 9.33. The van der Waals surface area contributed by atoms with Crippen molar-refractivity contribution in [1.82, 2.24) is 15.3 Å². The SMILES string of the molecule is CCCCNc1ncc(C(=O)NCc2ccc(N3CCOCC3)cc2)c(NC2CCC(O)CC2)n1. The molecule has 190 valence electrons. The third-order valence-corrected chi connectivity index (χ3v) is 6.65. The molecule has 2 fully saturated rings. The number of hydrogen-bond acceptors (Lipinski definition) is 8. The molecule has 4 N–H and O–H groups in total. The Bertz CT molecular complexity index is 941. The molecule has 9 heteroatoms. The topological polar surface area (TPSA) is 112 Å². The maximum atomic E-state index is 13.1. The van der Waals surface area contributed by atoms with Crippen LogP contribution < -0.4 is 20.9 Å². The van der Waals surface area contributed by atoms with Crippen molar-refractivity contribution < 1.29 is 14.6 Å². The van der Waals surface area contributed by atoms with Crippen molar-refractivity contribution in [3.63, 3.8) is 0 Å². The summed E-state index contributed by atoms with van der Waals surface area (Å²) >= 11 is 0. The van der Waals surface area contributed by atoms with Crippen LogP contribution in [0.5, 0.6) is 0 Å². The Morgan fingerprint density at radius 1 is 1.14 bits per heavy atom. The van der Waals surface area contributed by atoms with E-state index in [4.69, 9.17) is 4.74 Å². The van der Waals surface area contributed by atoms with Crippen LogP contribution in [0.25, 0.3) is 0 Å². The average Bonchev–Trinajstić information content (AvgIpc) is 2.90. The van der Waals surface area contributed by atoms with Crippen LogP contribution in [-0.2, 0) is 11.3 Å². The Hall–Kier alpha value is -2.91. The number of nitrogens with zero attached hydrogens (tertiary/aromatic N) is 3. The Balaban J connectivity index is 1.40. The Kier molecular flexibility index (Phi) is 9.14. The van der Waals surface area contributed by atoms with Crippen molar-refractivity contribution in [2.45, 2.75) is 64.1 Å². The summed E-state index contributed by atoms with van der Waals surface area (Å²) in [6.45, 7) is 6.65. The highest BCUT2D eigenvalue weighted by molar-refractivity contribution is 5.98. The molecular weight excluding hydrogens is 444 g/mol. The maximum Gasteiger partial charge on any atom is 0.256 e. The van der Waals surface area contributed by atoms with Gasteiger partial charge in [-0.1, -0.05) is 25.5 Å². The molecule has 0 spiro atoms. The van der Waals surface area contributed by atoms with E-state index in [1.54, 1.807) is 6.20 Å². The monoisotopic (exact) mass is 482 g/mol. The third-order valence-electron chi connectivity index (χ3n) is 6.65. The van der Waals surface area contributed by atoms with Crippen LogP contribution in [0.3, 0.4) is 0 Å². The summed E-state index contributed by atoms with van der Waals surface area (Å²) in [5, 5.41) is 19.5. The largest absolute Gasteiger partial charge is 0.393 e. The summed E-state index contributed by atoms with van der Waals surface area (Å²) in [6, 6.07) is 8.47. The normalized spacial score (nSPS) is 20.3. The van der Waals surface area contributed by atoms with Gasteiger partial charge < -0.3 is 30.7 Å². The first kappa shape index (κ1) is 25.2. The van der Waals surface area contributed by atoms with Crippen LogP contribution in [0.15, 0.2) is 30.5 Å². The molecule has 1 saturated carbocycles. The number of anilines is 3. The number of rotatable bonds is 10. The first-order valence-electron chi connectivity index (χ1n) is 12.9. The lowest BCUT2D eigenvalue weighted by molar-refractivity contribution is 0.0950. The van der Waals surface area contributed by atoms with Crippen LogP contribution in [-0.4, -0.2) is 66.0 Å². The van der Waals surface area contributed by atoms with Crippen LogP contribution in [0, 0.1) is 0 Å². The van der Waals surface area contributed by atoms with E-state index < -0.39 is 0 Å². The molecule has 0 unspecified atom stereocenters. The molecule has 1 amide bonds. The van der Waals surface area contributed by atoms with Gasteiger partial charge in [-0.3, -0.25) is 4.79 Å². The standard InChI is InChI=1S/C26H38N6O3/c1-2-3-12-27-26-29-18-23(24(31-26)30-20-6-10-22(33)11-7-20)25(34)28-17-19-4-8-21(9-5-19)32-13-15-35-16-14-32/h4-5,8-9,18,20,22,33H,2-3,6-7,10-17H2,1H3,(H,28,34)(H2,27,29,30,31). The molecule has 1 aliphatic heterocycles. The van der Waals surface area contributed by atoms with Gasteiger partial charge in [0.1, 0.15) is 11.4 Å². The molecule has 1 aromatic heterocycles. The van der Waals surface area contributed by atoms with E-state index >= 15 is 0 Å². The smallest absolute Gasteiger partial charge is 0.256 e. The highest BCUT2D eigenvalue weighted by Crippen LogP contribution is 2.24. The number of nitrogens with one attached hydrogen (secondary N) is 3. The van der Waals surface area contributed by atoms with Gasteiger partial charge in [0.2, 0.25) is 5.95 Å². The van der Waals surface area contributed by atoms with E-state index in [9.17, 15) is 9.90 Å². The number of benzene rings is 1. The van der Waals surface area contributed by atoms with Gasteiger partial charge >= 0.3 is 0 Å². The zero-order valence-corrected chi connectivity index (χ0v) is 20.6. The Morgan fingerprint density at radius 2 is 1.89 bits per heavy atom. The molecule has 0 radical (unpaired) electrons. The summed E-state index contributed by atoms with van der Waals surface area (Å²) in [4.78, 5) is 24.4. The Morgan fingerprint density at radius 3 is 2.60 bits per heavy atom. The van der Waals surface area contributed by atoms with Gasteiger partial charge in [-0.05, 0) is 49.8 Å². The second-order valence-electron chi connectivity index (χ2n) is 9.33. The van der Waals surface area contributed by atoms with E-state index in [-0.39, 0.29) is 18.1 Å². The summed E-state index contributed by atoms with van der Waals surface area (Å²) < 4.78 is 5.43. The third kappa shape index (κ3) is 7.29. The van der Waals surface area contributed by atoms with Gasteiger partial charge in [0.15, 0.2) is 0 Å². The van der Waals surface area contributed by atoms with Crippen molar-refractivity contribution in [2.24, 2.45) is 0 Å². The lowest BCUT2D eigenvalue weighted by Crippen LogP contribution is -2.36. The molecule has 4 rings (SSSR count). The number of amides is 1. The second kappa shape index (κ2) is 12.7. The molecular formula is C26H38N6O3. The number of ether oxygens (including phenoxy) is 1. The number of aliphatic hydroxyl groups excluding tert-OH is 1. The highest BCUT2D eigenvalue weighted by Gasteiger charge is 2.22. The lowest BCUT2D eigenvalue weighted by atomic mass is 9.93. The van der Waals surface area contributed by atoms with Crippen LogP contribution in [0.1, 0.15) is 61.4 Å². The number of hydrogen-bond donors (Lipinski definition) is 4. The number of carbonyl (C=O) groups is 1. The highest BCUT2D eigenvalue weighted by atomic mass is 16.5. The van der Waals surface area contributed by atoms with Crippen molar-refractivity contribution >= 4 is 23.4 Å². The van der Waals surface area contributed by atoms with Crippen molar-refractivity contribution in [2.75, 3.05) is 48.4 Å². The quantitative estimate of drug-likeness (QED) is 0.382. The maximum absolute atomic E-state index is 13.1. The first-order chi connectivity index (χ1) is 17.1. The van der Waals surface area contributed by atoms with Crippen LogP contribution in [0.2, 0.25) is 0 Å². The Labute approximate surface area is 207 Å². The van der Waals surface area contributed by atoms with E-state index in [1.807, 2.05) is 0 Å². The first-order valence-corrected chi connectivity index (χ1v) is 12.9. The number of aliphatic hydroxyl groups is 1. The van der Waals surface area contributed by atoms with Crippen LogP contribution >= 0.6 is 0 Å². The summed E-state index contributed by atoms with van der Waals surface area (Å²) in [5.41, 5.74) is 2.64. The van der Waals surface area contributed by atoms with Gasteiger partial charge in [0.25, 0.3) is 5.91 Å². The van der Waals surface area contributed by atoms with Gasteiger partial charge in [-0.15, -0.1) is 0 Å². The molecule has 9 nitrogen and oxygen atoms in total. The molecule has 35 heavy (non-hydrogen) atoms. The molecule has 2 aromatic rings. The number of morpholine rings is 1. The molecule has 2 heterocycles. The van der Waals surface area contributed by atoms with Gasteiger partial charge in [0.05, 0.1) is 19.3 Å². The van der Waals surface area contributed by atoms with Gasteiger partial charge in [0, 0.05) is 44.1 Å². The van der Waals surface area contributed by atoms with Crippen molar-refractivity contribution in [3.05, 3.63) is 41.6 Å². The summed E-state index contributed by atoms with van der Waals surface area (Å²) in [7, 11) is 0. The predicted molar refractivity (Wildman–Crippen MR) is 138 cm³/mol. The van der Waals surface area contributed by atoms with E-state index in [1.165, 1.54) is 5.69 Å². The molecule has 0 atom stereocenters.